The lowest BCUT2D eigenvalue weighted by Crippen LogP contribution is -2.29. The summed E-state index contributed by atoms with van der Waals surface area (Å²) in [6.45, 7) is 3.15. The molecule has 1 fully saturated rings. The molecule has 1 unspecified atom stereocenters. The van der Waals surface area contributed by atoms with Gasteiger partial charge in [-0.25, -0.2) is 0 Å². The molecule has 2 rings (SSSR count). The summed E-state index contributed by atoms with van der Waals surface area (Å²) in [6, 6.07) is 7.63. The minimum atomic E-state index is -0.501. The SMILES string of the molecule is C#Cc1cccc(NCC(O)COC2CCC(C)CC2)c1. The number of benzene rings is 1. The molecule has 0 radical (unpaired) electrons. The Balaban J connectivity index is 1.67. The van der Waals surface area contributed by atoms with Gasteiger partial charge in [-0.3, -0.25) is 0 Å². The van der Waals surface area contributed by atoms with E-state index in [-0.39, 0.29) is 0 Å². The lowest BCUT2D eigenvalue weighted by Gasteiger charge is -2.27. The predicted octanol–water partition coefficient (Wildman–Crippen LogP) is 3.04. The topological polar surface area (TPSA) is 41.5 Å². The molecule has 114 valence electrons. The van der Waals surface area contributed by atoms with E-state index in [1.807, 2.05) is 24.3 Å². The standard InChI is InChI=1S/C18H25NO2/c1-3-15-5-4-6-16(11-15)19-12-17(20)13-21-18-9-7-14(2)8-10-18/h1,4-6,11,14,17-20H,7-10,12-13H2,2H3. The molecule has 1 aliphatic carbocycles. The summed E-state index contributed by atoms with van der Waals surface area (Å²) < 4.78 is 5.80. The third kappa shape index (κ3) is 5.41. The predicted molar refractivity (Wildman–Crippen MR) is 86.2 cm³/mol. The van der Waals surface area contributed by atoms with Crippen LogP contribution in [0.1, 0.15) is 38.2 Å². The molecular formula is C18H25NO2. The lowest BCUT2D eigenvalue weighted by atomic mass is 9.89. The zero-order valence-corrected chi connectivity index (χ0v) is 12.7. The number of nitrogens with one attached hydrogen (secondary N) is 1. The fraction of sp³-hybridized carbons (Fsp3) is 0.556. The highest BCUT2D eigenvalue weighted by Crippen LogP contribution is 2.25. The van der Waals surface area contributed by atoms with E-state index in [0.29, 0.717) is 19.3 Å². The molecule has 0 amide bonds. The van der Waals surface area contributed by atoms with Gasteiger partial charge in [0.2, 0.25) is 0 Å². The van der Waals surface area contributed by atoms with Crippen molar-refractivity contribution in [1.82, 2.24) is 0 Å². The van der Waals surface area contributed by atoms with Gasteiger partial charge in [0, 0.05) is 17.8 Å². The highest BCUT2D eigenvalue weighted by atomic mass is 16.5. The smallest absolute Gasteiger partial charge is 0.0945 e. The van der Waals surface area contributed by atoms with Gasteiger partial charge in [-0.15, -0.1) is 6.42 Å². The summed E-state index contributed by atoms with van der Waals surface area (Å²) in [4.78, 5) is 0. The summed E-state index contributed by atoms with van der Waals surface area (Å²) in [5, 5.41) is 13.2. The number of ether oxygens (including phenoxy) is 1. The Hall–Kier alpha value is -1.50. The van der Waals surface area contributed by atoms with Gasteiger partial charge in [-0.05, 0) is 49.8 Å². The van der Waals surface area contributed by atoms with Gasteiger partial charge in [0.1, 0.15) is 0 Å². The van der Waals surface area contributed by atoms with E-state index in [0.717, 1.165) is 30.0 Å². The van der Waals surface area contributed by atoms with Crippen molar-refractivity contribution in [1.29, 1.82) is 0 Å². The number of hydrogen-bond acceptors (Lipinski definition) is 3. The monoisotopic (exact) mass is 287 g/mol. The van der Waals surface area contributed by atoms with Crippen molar-refractivity contribution in [3.63, 3.8) is 0 Å². The number of rotatable bonds is 6. The van der Waals surface area contributed by atoms with Crippen LogP contribution in [0.4, 0.5) is 5.69 Å². The Morgan fingerprint density at radius 3 is 2.86 bits per heavy atom. The van der Waals surface area contributed by atoms with E-state index < -0.39 is 6.10 Å². The highest BCUT2D eigenvalue weighted by molar-refractivity contribution is 5.49. The van der Waals surface area contributed by atoms with Gasteiger partial charge in [-0.1, -0.05) is 18.9 Å². The molecule has 0 heterocycles. The van der Waals surface area contributed by atoms with E-state index in [9.17, 15) is 5.11 Å². The number of aliphatic hydroxyl groups is 1. The van der Waals surface area contributed by atoms with Crippen LogP contribution in [0.25, 0.3) is 0 Å². The maximum Gasteiger partial charge on any atom is 0.0945 e. The van der Waals surface area contributed by atoms with E-state index in [1.54, 1.807) is 0 Å². The average molecular weight is 287 g/mol. The minimum Gasteiger partial charge on any atom is -0.389 e. The Morgan fingerprint density at radius 2 is 2.14 bits per heavy atom. The molecule has 0 aromatic heterocycles. The lowest BCUT2D eigenvalue weighted by molar-refractivity contribution is -0.0245. The average Bonchev–Trinajstić information content (AvgIpc) is 2.52. The Morgan fingerprint density at radius 1 is 1.38 bits per heavy atom. The maximum absolute atomic E-state index is 9.99. The minimum absolute atomic E-state index is 0.320. The van der Waals surface area contributed by atoms with E-state index >= 15 is 0 Å². The molecule has 2 N–H and O–H groups in total. The van der Waals surface area contributed by atoms with Crippen molar-refractivity contribution in [2.75, 3.05) is 18.5 Å². The summed E-state index contributed by atoms with van der Waals surface area (Å²) in [7, 11) is 0. The van der Waals surface area contributed by atoms with Crippen LogP contribution < -0.4 is 5.32 Å². The number of aliphatic hydroxyl groups excluding tert-OH is 1. The van der Waals surface area contributed by atoms with Crippen LogP contribution in [0.2, 0.25) is 0 Å². The van der Waals surface area contributed by atoms with Crippen molar-refractivity contribution in [3.05, 3.63) is 29.8 Å². The summed E-state index contributed by atoms with van der Waals surface area (Å²) >= 11 is 0. The van der Waals surface area contributed by atoms with Crippen molar-refractivity contribution in [2.24, 2.45) is 5.92 Å². The zero-order chi connectivity index (χ0) is 15.1. The van der Waals surface area contributed by atoms with E-state index in [1.165, 1.54) is 12.8 Å². The van der Waals surface area contributed by atoms with Crippen LogP contribution in [-0.4, -0.2) is 30.5 Å². The van der Waals surface area contributed by atoms with Crippen molar-refractivity contribution < 1.29 is 9.84 Å². The molecule has 0 aliphatic heterocycles. The Labute approximate surface area is 127 Å². The second-order valence-corrected chi connectivity index (χ2v) is 5.98. The molecule has 1 atom stereocenters. The number of anilines is 1. The fourth-order valence-electron chi connectivity index (χ4n) is 2.66. The second-order valence-electron chi connectivity index (χ2n) is 5.98. The van der Waals surface area contributed by atoms with Crippen molar-refractivity contribution in [2.45, 2.75) is 44.8 Å². The van der Waals surface area contributed by atoms with E-state index in [2.05, 4.69) is 18.2 Å². The summed E-state index contributed by atoms with van der Waals surface area (Å²) in [6.07, 6.45) is 9.89. The largest absolute Gasteiger partial charge is 0.389 e. The Kier molecular flexibility index (Phi) is 6.10. The van der Waals surface area contributed by atoms with Gasteiger partial charge in [0.15, 0.2) is 0 Å². The first-order valence-electron chi connectivity index (χ1n) is 7.77. The zero-order valence-electron chi connectivity index (χ0n) is 12.7. The van der Waals surface area contributed by atoms with Crippen LogP contribution in [0.15, 0.2) is 24.3 Å². The molecule has 0 spiro atoms. The molecule has 1 aromatic rings. The van der Waals surface area contributed by atoms with Crippen LogP contribution >= 0.6 is 0 Å². The van der Waals surface area contributed by atoms with Gasteiger partial charge in [0.05, 0.1) is 18.8 Å². The first kappa shape index (κ1) is 15.9. The third-order valence-corrected chi connectivity index (χ3v) is 4.06. The van der Waals surface area contributed by atoms with Crippen molar-refractivity contribution in [3.8, 4) is 12.3 Å². The second kappa shape index (κ2) is 8.07. The maximum atomic E-state index is 9.99. The number of hydrogen-bond donors (Lipinski definition) is 2. The first-order valence-corrected chi connectivity index (χ1v) is 7.77. The highest BCUT2D eigenvalue weighted by Gasteiger charge is 2.19. The van der Waals surface area contributed by atoms with Gasteiger partial charge >= 0.3 is 0 Å². The molecule has 1 saturated carbocycles. The molecule has 0 bridgehead atoms. The van der Waals surface area contributed by atoms with E-state index in [4.69, 9.17) is 11.2 Å². The van der Waals surface area contributed by atoms with Gasteiger partial charge in [0.25, 0.3) is 0 Å². The Bertz CT molecular complexity index is 472. The molecular weight excluding hydrogens is 262 g/mol. The van der Waals surface area contributed by atoms with Gasteiger partial charge < -0.3 is 15.2 Å². The van der Waals surface area contributed by atoms with Crippen LogP contribution in [0, 0.1) is 18.3 Å². The van der Waals surface area contributed by atoms with Crippen LogP contribution in [-0.2, 0) is 4.74 Å². The fourth-order valence-corrected chi connectivity index (χ4v) is 2.66. The normalized spacial score (nSPS) is 23.3. The van der Waals surface area contributed by atoms with Crippen LogP contribution in [0.5, 0.6) is 0 Å². The molecule has 1 aliphatic rings. The molecule has 1 aromatic carbocycles. The first-order chi connectivity index (χ1) is 10.2. The van der Waals surface area contributed by atoms with Crippen LogP contribution in [0.3, 0.4) is 0 Å². The van der Waals surface area contributed by atoms with Crippen molar-refractivity contribution >= 4 is 5.69 Å². The number of terminal acetylenes is 1. The summed E-state index contributed by atoms with van der Waals surface area (Å²) in [5.41, 5.74) is 1.76. The molecule has 0 saturated heterocycles. The van der Waals surface area contributed by atoms with Gasteiger partial charge in [-0.2, -0.15) is 0 Å². The third-order valence-electron chi connectivity index (χ3n) is 4.06. The molecule has 21 heavy (non-hydrogen) atoms. The molecule has 3 nitrogen and oxygen atoms in total. The molecule has 3 heteroatoms. The summed E-state index contributed by atoms with van der Waals surface area (Å²) in [5.74, 6) is 3.42. The quantitative estimate of drug-likeness (QED) is 0.790.